The van der Waals surface area contributed by atoms with Crippen molar-refractivity contribution in [3.05, 3.63) is 53.4 Å². The lowest BCUT2D eigenvalue weighted by atomic mass is 10.3. The summed E-state index contributed by atoms with van der Waals surface area (Å²) in [6.07, 6.45) is 2.65. The molecule has 0 aromatic carbocycles. The molecule has 1 aliphatic heterocycles. The first-order valence-corrected chi connectivity index (χ1v) is 12.6. The molecule has 3 aromatic heterocycles. The summed E-state index contributed by atoms with van der Waals surface area (Å²) >= 11 is 3.01. The summed E-state index contributed by atoms with van der Waals surface area (Å²) in [7, 11) is 0. The highest BCUT2D eigenvalue weighted by atomic mass is 32.2. The molecule has 1 aliphatic rings. The number of hydrogen-bond donors (Lipinski definition) is 0. The van der Waals surface area contributed by atoms with Crippen molar-refractivity contribution in [1.82, 2.24) is 19.8 Å². The van der Waals surface area contributed by atoms with Crippen LogP contribution in [0.4, 0.5) is 0 Å². The molecule has 1 amide bonds. The smallest absolute Gasteiger partial charge is 0.303 e. The largest absolute Gasteiger partial charge is 0.461 e. The number of rotatable bonds is 8. The van der Waals surface area contributed by atoms with Gasteiger partial charge in [0.2, 0.25) is 5.91 Å². The summed E-state index contributed by atoms with van der Waals surface area (Å²) < 4.78 is 10.7. The van der Waals surface area contributed by atoms with Gasteiger partial charge in [-0.2, -0.15) is 0 Å². The maximum Gasteiger partial charge on any atom is 0.303 e. The van der Waals surface area contributed by atoms with Crippen LogP contribution in [-0.2, 0) is 27.5 Å². The summed E-state index contributed by atoms with van der Waals surface area (Å²) in [5.41, 5.74) is 0.884. The highest BCUT2D eigenvalue weighted by Gasteiger charge is 2.20. The molecule has 8 nitrogen and oxygen atoms in total. The van der Waals surface area contributed by atoms with Crippen LogP contribution >= 0.6 is 23.1 Å². The highest BCUT2D eigenvalue weighted by molar-refractivity contribution is 7.99. The lowest BCUT2D eigenvalue weighted by Gasteiger charge is -2.21. The van der Waals surface area contributed by atoms with Crippen LogP contribution in [-0.4, -0.2) is 63.6 Å². The van der Waals surface area contributed by atoms with Crippen LogP contribution in [0.1, 0.15) is 24.9 Å². The lowest BCUT2D eigenvalue weighted by molar-refractivity contribution is -0.142. The molecule has 0 N–H and O–H groups in total. The monoisotopic (exact) mass is 486 g/mol. The van der Waals surface area contributed by atoms with Gasteiger partial charge in [-0.3, -0.25) is 14.5 Å². The van der Waals surface area contributed by atoms with Crippen LogP contribution in [0.25, 0.3) is 10.6 Å². The number of esters is 1. The Balaban J connectivity index is 1.24. The number of carbonyl (C=O) groups excluding carboxylic acids is 2. The third-order valence-corrected chi connectivity index (χ3v) is 6.93. The Labute approximate surface area is 201 Å². The number of thioether (sulfide) groups is 1. The fourth-order valence-corrected chi connectivity index (χ4v) is 4.97. The fourth-order valence-electron chi connectivity index (χ4n) is 3.55. The first-order chi connectivity index (χ1) is 16.1. The first kappa shape index (κ1) is 23.5. The second-order valence-corrected chi connectivity index (χ2v) is 9.54. The van der Waals surface area contributed by atoms with Crippen molar-refractivity contribution in [1.29, 1.82) is 0 Å². The lowest BCUT2D eigenvalue weighted by Crippen LogP contribution is -2.36. The van der Waals surface area contributed by atoms with Crippen LogP contribution in [0, 0.1) is 0 Å². The molecule has 10 heteroatoms. The average Bonchev–Trinajstić information content (AvgIpc) is 3.45. The molecule has 0 bridgehead atoms. The number of thiophene rings is 1. The quantitative estimate of drug-likeness (QED) is 0.271. The van der Waals surface area contributed by atoms with E-state index in [-0.39, 0.29) is 18.5 Å². The predicted molar refractivity (Wildman–Crippen MR) is 127 cm³/mol. The van der Waals surface area contributed by atoms with Gasteiger partial charge in [0, 0.05) is 39.3 Å². The zero-order valence-corrected chi connectivity index (χ0v) is 20.1. The average molecular weight is 487 g/mol. The fraction of sp³-hybridized carbons (Fsp3) is 0.391. The van der Waals surface area contributed by atoms with Gasteiger partial charge in [-0.25, -0.2) is 9.97 Å². The second kappa shape index (κ2) is 11.4. The van der Waals surface area contributed by atoms with E-state index in [1.54, 1.807) is 17.5 Å². The maximum absolute atomic E-state index is 12.8. The van der Waals surface area contributed by atoms with Crippen LogP contribution in [0.2, 0.25) is 0 Å². The van der Waals surface area contributed by atoms with Gasteiger partial charge in [0.1, 0.15) is 18.1 Å². The van der Waals surface area contributed by atoms with Crippen LogP contribution < -0.4 is 0 Å². The molecule has 0 spiro atoms. The van der Waals surface area contributed by atoms with E-state index in [0.29, 0.717) is 29.8 Å². The molecule has 0 radical (unpaired) electrons. The minimum absolute atomic E-state index is 0.105. The highest BCUT2D eigenvalue weighted by Crippen LogP contribution is 2.24. The van der Waals surface area contributed by atoms with E-state index in [4.69, 9.17) is 9.15 Å². The van der Waals surface area contributed by atoms with Crippen LogP contribution in [0.15, 0.2) is 51.5 Å². The molecular formula is C23H26N4O4S2. The zero-order valence-electron chi connectivity index (χ0n) is 18.4. The number of furan rings is 1. The third kappa shape index (κ3) is 6.89. The molecule has 33 heavy (non-hydrogen) atoms. The molecular weight excluding hydrogens is 460 g/mol. The standard InChI is InChI=1S/C23H26N4O4S2/c1-17(28)30-15-19-6-5-18(31-19)14-26-9-3-10-27(12-11-26)22(29)16-33-23-24-8-7-20(25-23)21-4-2-13-32-21/h2,4-8,13H,3,9-12,14-16H2,1H3. The Hall–Kier alpha value is -2.69. The van der Waals surface area contributed by atoms with Crippen molar-refractivity contribution in [2.45, 2.75) is 31.7 Å². The Bertz CT molecular complexity index is 1070. The molecule has 0 saturated carbocycles. The van der Waals surface area contributed by atoms with Crippen molar-refractivity contribution in [2.24, 2.45) is 0 Å². The van der Waals surface area contributed by atoms with E-state index in [1.165, 1.54) is 18.7 Å². The van der Waals surface area contributed by atoms with Crippen molar-refractivity contribution in [3.8, 4) is 10.6 Å². The number of amides is 1. The van der Waals surface area contributed by atoms with Gasteiger partial charge in [-0.15, -0.1) is 11.3 Å². The van der Waals surface area contributed by atoms with Gasteiger partial charge in [0.05, 0.1) is 22.9 Å². The minimum atomic E-state index is -0.329. The predicted octanol–water partition coefficient (Wildman–Crippen LogP) is 3.69. The molecule has 1 fully saturated rings. The molecule has 3 aromatic rings. The molecule has 0 aliphatic carbocycles. The summed E-state index contributed by atoms with van der Waals surface area (Å²) in [5.74, 6) is 1.56. The van der Waals surface area contributed by atoms with Crippen molar-refractivity contribution >= 4 is 35.0 Å². The topological polar surface area (TPSA) is 88.8 Å². The summed E-state index contributed by atoms with van der Waals surface area (Å²) in [6, 6.07) is 9.65. The molecule has 4 rings (SSSR count). The third-order valence-electron chi connectivity index (χ3n) is 5.19. The minimum Gasteiger partial charge on any atom is -0.461 e. The van der Waals surface area contributed by atoms with Crippen molar-refractivity contribution in [2.75, 3.05) is 31.9 Å². The van der Waals surface area contributed by atoms with Crippen molar-refractivity contribution in [3.63, 3.8) is 0 Å². The van der Waals surface area contributed by atoms with Gasteiger partial charge < -0.3 is 14.1 Å². The van der Waals surface area contributed by atoms with E-state index >= 15 is 0 Å². The Kier molecular flexibility index (Phi) is 8.14. The number of aromatic nitrogens is 2. The number of hydrogen-bond acceptors (Lipinski definition) is 9. The molecule has 0 unspecified atom stereocenters. The summed E-state index contributed by atoms with van der Waals surface area (Å²) in [6.45, 7) is 5.28. The normalized spacial score (nSPS) is 14.8. The van der Waals surface area contributed by atoms with Gasteiger partial charge in [0.25, 0.3) is 0 Å². The van der Waals surface area contributed by atoms with E-state index in [2.05, 4.69) is 14.9 Å². The number of ether oxygens (including phenoxy) is 1. The van der Waals surface area contributed by atoms with Gasteiger partial charge >= 0.3 is 5.97 Å². The summed E-state index contributed by atoms with van der Waals surface area (Å²) in [5, 5.41) is 2.64. The van der Waals surface area contributed by atoms with E-state index < -0.39 is 0 Å². The van der Waals surface area contributed by atoms with Gasteiger partial charge in [-0.1, -0.05) is 17.8 Å². The van der Waals surface area contributed by atoms with E-state index in [1.807, 2.05) is 40.6 Å². The van der Waals surface area contributed by atoms with E-state index in [0.717, 1.165) is 42.4 Å². The van der Waals surface area contributed by atoms with Crippen LogP contribution in [0.5, 0.6) is 0 Å². The first-order valence-electron chi connectivity index (χ1n) is 10.8. The number of nitrogens with zero attached hydrogens (tertiary/aromatic N) is 4. The molecule has 4 heterocycles. The Morgan fingerprint density at radius 3 is 2.85 bits per heavy atom. The SMILES string of the molecule is CC(=O)OCc1ccc(CN2CCCN(C(=O)CSc3nccc(-c4cccs4)n3)CC2)o1. The van der Waals surface area contributed by atoms with Gasteiger partial charge in [0.15, 0.2) is 5.16 Å². The molecule has 174 valence electrons. The Morgan fingerprint density at radius 1 is 1.15 bits per heavy atom. The zero-order chi connectivity index (χ0) is 23.0. The number of carbonyl (C=O) groups is 2. The molecule has 1 saturated heterocycles. The van der Waals surface area contributed by atoms with Gasteiger partial charge in [-0.05, 0) is 36.1 Å². The second-order valence-electron chi connectivity index (χ2n) is 7.65. The molecule has 0 atom stereocenters. The summed E-state index contributed by atoms with van der Waals surface area (Å²) in [4.78, 5) is 37.9. The maximum atomic E-state index is 12.8. The van der Waals surface area contributed by atoms with Crippen LogP contribution in [0.3, 0.4) is 0 Å². The van der Waals surface area contributed by atoms with Crippen molar-refractivity contribution < 1.29 is 18.7 Å². The van der Waals surface area contributed by atoms with E-state index in [9.17, 15) is 9.59 Å². The Morgan fingerprint density at radius 2 is 2.03 bits per heavy atom.